The third-order valence-electron chi connectivity index (χ3n) is 5.68. The summed E-state index contributed by atoms with van der Waals surface area (Å²) >= 11 is 0. The number of nitrogens with zero attached hydrogens (tertiary/aromatic N) is 1. The first-order chi connectivity index (χ1) is 15.4. The van der Waals surface area contributed by atoms with Crippen molar-refractivity contribution in [3.05, 3.63) is 89.6 Å². The number of fused-ring (bicyclic) bond motifs is 2. The van der Waals surface area contributed by atoms with Crippen molar-refractivity contribution >= 4 is 28.2 Å². The van der Waals surface area contributed by atoms with Crippen molar-refractivity contribution in [3.8, 4) is 5.69 Å². The third-order valence-corrected chi connectivity index (χ3v) is 5.68. The van der Waals surface area contributed by atoms with Crippen LogP contribution in [-0.4, -0.2) is 17.0 Å². The number of halogens is 3. The number of hydrogen-bond acceptors (Lipinski definition) is 2. The van der Waals surface area contributed by atoms with E-state index in [9.17, 15) is 18.0 Å². The van der Waals surface area contributed by atoms with E-state index in [2.05, 4.69) is 10.6 Å². The van der Waals surface area contributed by atoms with Crippen molar-refractivity contribution in [2.24, 2.45) is 0 Å². The van der Waals surface area contributed by atoms with Gasteiger partial charge in [0, 0.05) is 29.0 Å². The molecule has 0 saturated heterocycles. The number of aryl methyl sites for hydroxylation is 1. The number of rotatable bonds is 3. The Morgan fingerprint density at radius 2 is 1.81 bits per heavy atom. The molecule has 7 heteroatoms. The Hall–Kier alpha value is -3.74. The van der Waals surface area contributed by atoms with Crippen LogP contribution in [0.5, 0.6) is 0 Å². The molecule has 2 heterocycles. The minimum Gasteiger partial charge on any atom is -0.385 e. The van der Waals surface area contributed by atoms with Crippen LogP contribution >= 0.6 is 0 Å². The van der Waals surface area contributed by atoms with Crippen molar-refractivity contribution in [2.45, 2.75) is 19.0 Å². The van der Waals surface area contributed by atoms with Crippen LogP contribution in [0.1, 0.15) is 28.0 Å². The molecule has 4 nitrogen and oxygen atoms in total. The van der Waals surface area contributed by atoms with Crippen LogP contribution in [0.4, 0.5) is 24.5 Å². The fraction of sp³-hybridized carbons (Fsp3) is 0.160. The van der Waals surface area contributed by atoms with E-state index in [-0.39, 0.29) is 17.3 Å². The quantitative estimate of drug-likeness (QED) is 0.399. The molecule has 0 atom stereocenters. The molecule has 1 amide bonds. The Bertz CT molecular complexity index is 1320. The van der Waals surface area contributed by atoms with Crippen LogP contribution in [0.25, 0.3) is 16.6 Å². The molecule has 0 fully saturated rings. The van der Waals surface area contributed by atoms with E-state index in [1.807, 2.05) is 30.3 Å². The lowest BCUT2D eigenvalue weighted by molar-refractivity contribution is -0.137. The molecular formula is C25H20F3N3O. The monoisotopic (exact) mass is 435 g/mol. The Morgan fingerprint density at radius 1 is 0.969 bits per heavy atom. The van der Waals surface area contributed by atoms with Crippen molar-refractivity contribution in [3.63, 3.8) is 0 Å². The maximum atomic E-state index is 13.3. The average molecular weight is 435 g/mol. The van der Waals surface area contributed by atoms with Gasteiger partial charge in [0.25, 0.3) is 5.91 Å². The maximum absolute atomic E-state index is 13.3. The summed E-state index contributed by atoms with van der Waals surface area (Å²) in [5.74, 6) is -0.387. The lowest BCUT2D eigenvalue weighted by Crippen LogP contribution is -2.17. The van der Waals surface area contributed by atoms with E-state index in [4.69, 9.17) is 0 Å². The minimum absolute atomic E-state index is 0.265. The average Bonchev–Trinajstić information content (AvgIpc) is 3.18. The van der Waals surface area contributed by atoms with Crippen molar-refractivity contribution in [1.82, 2.24) is 4.57 Å². The fourth-order valence-electron chi connectivity index (χ4n) is 4.17. The normalized spacial score (nSPS) is 13.5. The number of carbonyl (C=O) groups is 1. The van der Waals surface area contributed by atoms with Crippen LogP contribution in [0, 0.1) is 0 Å². The summed E-state index contributed by atoms with van der Waals surface area (Å²) in [5.41, 5.74) is 3.29. The number of benzene rings is 3. The zero-order chi connectivity index (χ0) is 22.3. The summed E-state index contributed by atoms with van der Waals surface area (Å²) in [7, 11) is 0. The van der Waals surface area contributed by atoms with E-state index in [1.165, 1.54) is 6.07 Å². The van der Waals surface area contributed by atoms with Crippen LogP contribution in [0.15, 0.2) is 72.8 Å². The summed E-state index contributed by atoms with van der Waals surface area (Å²) in [5, 5.41) is 7.01. The molecule has 0 unspecified atom stereocenters. The van der Waals surface area contributed by atoms with Gasteiger partial charge in [-0.3, -0.25) is 4.79 Å². The first kappa shape index (κ1) is 20.2. The molecule has 0 aliphatic carbocycles. The van der Waals surface area contributed by atoms with Gasteiger partial charge in [-0.15, -0.1) is 0 Å². The fourth-order valence-corrected chi connectivity index (χ4v) is 4.17. The standard InChI is InChI=1S/C25H20F3N3O/c26-25(27,28)18-7-3-8-20(15-18)31-22-9-2-1-5-17(22)14-23(31)24(32)30-19-10-11-21-16(13-19)6-4-12-29-21/h1-3,5,7-11,13-15,29H,4,6,12H2,(H,30,32). The van der Waals surface area contributed by atoms with Crippen LogP contribution in [-0.2, 0) is 12.6 Å². The van der Waals surface area contributed by atoms with Crippen molar-refractivity contribution < 1.29 is 18.0 Å². The number of nitrogens with one attached hydrogen (secondary N) is 2. The molecular weight excluding hydrogens is 415 g/mol. The van der Waals surface area contributed by atoms with Crippen molar-refractivity contribution in [1.29, 1.82) is 0 Å². The highest BCUT2D eigenvalue weighted by molar-refractivity contribution is 6.07. The van der Waals surface area contributed by atoms with E-state index in [1.54, 1.807) is 28.8 Å². The molecule has 162 valence electrons. The van der Waals surface area contributed by atoms with Crippen LogP contribution in [0.2, 0.25) is 0 Å². The summed E-state index contributed by atoms with van der Waals surface area (Å²) in [6.45, 7) is 0.926. The van der Waals surface area contributed by atoms with Gasteiger partial charge < -0.3 is 15.2 Å². The zero-order valence-corrected chi connectivity index (χ0v) is 17.0. The van der Waals surface area contributed by atoms with Gasteiger partial charge in [0.15, 0.2) is 0 Å². The highest BCUT2D eigenvalue weighted by Gasteiger charge is 2.31. The topological polar surface area (TPSA) is 46.1 Å². The first-order valence-corrected chi connectivity index (χ1v) is 10.4. The van der Waals surface area contributed by atoms with Crippen LogP contribution < -0.4 is 10.6 Å². The molecule has 32 heavy (non-hydrogen) atoms. The minimum atomic E-state index is -4.47. The molecule has 2 N–H and O–H groups in total. The number of para-hydroxylation sites is 1. The smallest absolute Gasteiger partial charge is 0.385 e. The highest BCUT2D eigenvalue weighted by Crippen LogP contribution is 2.32. The third kappa shape index (κ3) is 3.70. The predicted molar refractivity (Wildman–Crippen MR) is 119 cm³/mol. The number of alkyl halides is 3. The maximum Gasteiger partial charge on any atom is 0.416 e. The molecule has 1 aliphatic rings. The van der Waals surface area contributed by atoms with Gasteiger partial charge in [-0.25, -0.2) is 0 Å². The Balaban J connectivity index is 1.57. The predicted octanol–water partition coefficient (Wildman–Crippen LogP) is 6.26. The van der Waals surface area contributed by atoms with Gasteiger partial charge in [-0.05, 0) is 66.9 Å². The van der Waals surface area contributed by atoms with E-state index < -0.39 is 11.7 Å². The highest BCUT2D eigenvalue weighted by atomic mass is 19.4. The molecule has 3 aromatic carbocycles. The van der Waals surface area contributed by atoms with Gasteiger partial charge >= 0.3 is 6.18 Å². The molecule has 0 radical (unpaired) electrons. The van der Waals surface area contributed by atoms with Gasteiger partial charge in [0.2, 0.25) is 0 Å². The summed E-state index contributed by atoms with van der Waals surface area (Å²) in [6.07, 6.45) is -2.52. The zero-order valence-electron chi connectivity index (χ0n) is 17.0. The van der Waals surface area contributed by atoms with Crippen LogP contribution in [0.3, 0.4) is 0 Å². The van der Waals surface area contributed by atoms with Gasteiger partial charge in [0.1, 0.15) is 5.69 Å². The Morgan fingerprint density at radius 3 is 2.66 bits per heavy atom. The van der Waals surface area contributed by atoms with E-state index in [0.717, 1.165) is 48.2 Å². The number of amides is 1. The number of anilines is 2. The molecule has 0 saturated carbocycles. The summed E-state index contributed by atoms with van der Waals surface area (Å²) in [4.78, 5) is 13.3. The van der Waals surface area contributed by atoms with E-state index >= 15 is 0 Å². The molecule has 5 rings (SSSR count). The molecule has 0 bridgehead atoms. The molecule has 0 spiro atoms. The lowest BCUT2D eigenvalue weighted by atomic mass is 10.0. The molecule has 4 aromatic rings. The number of carbonyl (C=O) groups excluding carboxylic acids is 1. The molecule has 1 aliphatic heterocycles. The summed E-state index contributed by atoms with van der Waals surface area (Å²) < 4.78 is 41.5. The van der Waals surface area contributed by atoms with E-state index in [0.29, 0.717) is 11.2 Å². The SMILES string of the molecule is O=C(Nc1ccc2c(c1)CCCN2)c1cc2ccccc2n1-c1cccc(C(F)(F)F)c1. The van der Waals surface area contributed by atoms with Gasteiger partial charge in [-0.1, -0.05) is 24.3 Å². The largest absolute Gasteiger partial charge is 0.416 e. The Kier molecular flexibility index (Phi) is 4.89. The van der Waals surface area contributed by atoms with Gasteiger partial charge in [0.05, 0.1) is 11.1 Å². The van der Waals surface area contributed by atoms with Gasteiger partial charge in [-0.2, -0.15) is 13.2 Å². The Labute approximate surface area is 182 Å². The number of aromatic nitrogens is 1. The molecule has 1 aromatic heterocycles. The summed E-state index contributed by atoms with van der Waals surface area (Å²) in [6, 6.07) is 19.7. The number of hydrogen-bond donors (Lipinski definition) is 2. The second-order valence-corrected chi connectivity index (χ2v) is 7.83. The first-order valence-electron chi connectivity index (χ1n) is 10.4. The lowest BCUT2D eigenvalue weighted by Gasteiger charge is -2.19. The second kappa shape index (κ2) is 7.75. The second-order valence-electron chi connectivity index (χ2n) is 7.83. The van der Waals surface area contributed by atoms with Crippen molar-refractivity contribution in [2.75, 3.05) is 17.2 Å².